The molecule has 0 spiro atoms. The number of aromatic nitrogens is 3. The minimum absolute atomic E-state index is 0.0159. The van der Waals surface area contributed by atoms with E-state index in [1.807, 2.05) is 24.4 Å². The van der Waals surface area contributed by atoms with Crippen LogP contribution in [-0.2, 0) is 16.0 Å². The maximum atomic E-state index is 13.1. The summed E-state index contributed by atoms with van der Waals surface area (Å²) in [6, 6.07) is 9.25. The lowest BCUT2D eigenvalue weighted by molar-refractivity contribution is -0.134. The predicted octanol–water partition coefficient (Wildman–Crippen LogP) is 1.75. The molecule has 10 heteroatoms. The van der Waals surface area contributed by atoms with Gasteiger partial charge >= 0.3 is 0 Å². The van der Waals surface area contributed by atoms with E-state index in [2.05, 4.69) is 37.9 Å². The molecule has 1 aliphatic heterocycles. The molecule has 2 amide bonds. The van der Waals surface area contributed by atoms with Crippen LogP contribution in [0.25, 0.3) is 5.65 Å². The number of halogens is 1. The Morgan fingerprint density at radius 3 is 2.76 bits per heavy atom. The highest BCUT2D eigenvalue weighted by atomic mass is 127. The summed E-state index contributed by atoms with van der Waals surface area (Å²) >= 11 is 2.19. The molecular formula is C23H27IN6O3. The molecule has 0 radical (unpaired) electrons. The smallest absolute Gasteiger partial charge is 0.268 e. The number of alkyl halides is 1. The molecule has 0 aromatic carbocycles. The number of nitrogens with zero attached hydrogens (tertiary/aromatic N) is 4. The van der Waals surface area contributed by atoms with Crippen molar-refractivity contribution in [3.05, 3.63) is 65.9 Å². The first-order valence-electron chi connectivity index (χ1n) is 10.9. The monoisotopic (exact) mass is 562 g/mol. The van der Waals surface area contributed by atoms with E-state index in [-0.39, 0.29) is 28.2 Å². The molecule has 3 N–H and O–H groups in total. The molecule has 4 heterocycles. The van der Waals surface area contributed by atoms with E-state index in [4.69, 9.17) is 10.5 Å². The van der Waals surface area contributed by atoms with Gasteiger partial charge in [0.1, 0.15) is 11.3 Å². The lowest BCUT2D eigenvalue weighted by Crippen LogP contribution is -2.41. The standard InChI is InChI=1S/C23H27IN6O3/c24-20(25)11-17(16-3-2-6-26-13-16)14-27-23(32)19-4-1-5-21-28-18(15-30(19)21)12-22(31)29-7-9-33-10-8-29/h1-6,13,15,17,20H,7-12,14,25H2,(H,27,32). The van der Waals surface area contributed by atoms with Crippen LogP contribution in [0.3, 0.4) is 0 Å². The Morgan fingerprint density at radius 2 is 2.03 bits per heavy atom. The van der Waals surface area contributed by atoms with Crippen LogP contribution in [0.5, 0.6) is 0 Å². The fourth-order valence-corrected chi connectivity index (χ4v) is 4.56. The fraction of sp³-hybridized carbons (Fsp3) is 0.391. The van der Waals surface area contributed by atoms with Crippen LogP contribution in [0.1, 0.15) is 34.1 Å². The summed E-state index contributed by atoms with van der Waals surface area (Å²) in [5.74, 6) is -0.139. The van der Waals surface area contributed by atoms with Gasteiger partial charge in [0, 0.05) is 44.1 Å². The maximum absolute atomic E-state index is 13.1. The molecule has 1 aliphatic rings. The van der Waals surface area contributed by atoms with E-state index >= 15 is 0 Å². The second-order valence-corrected chi connectivity index (χ2v) is 9.59. The molecule has 1 saturated heterocycles. The van der Waals surface area contributed by atoms with Crippen LogP contribution in [-0.4, -0.2) is 68.0 Å². The Morgan fingerprint density at radius 1 is 1.21 bits per heavy atom. The van der Waals surface area contributed by atoms with Crippen molar-refractivity contribution in [3.63, 3.8) is 0 Å². The van der Waals surface area contributed by atoms with Crippen LogP contribution < -0.4 is 11.1 Å². The zero-order valence-electron chi connectivity index (χ0n) is 18.2. The zero-order valence-corrected chi connectivity index (χ0v) is 20.3. The number of imidazole rings is 1. The molecule has 33 heavy (non-hydrogen) atoms. The molecule has 3 aromatic rings. The largest absolute Gasteiger partial charge is 0.378 e. The number of morpholine rings is 1. The van der Waals surface area contributed by atoms with E-state index in [0.29, 0.717) is 49.9 Å². The number of fused-ring (bicyclic) bond motifs is 1. The number of pyridine rings is 2. The van der Waals surface area contributed by atoms with E-state index in [0.717, 1.165) is 12.0 Å². The Balaban J connectivity index is 1.46. The average molecular weight is 562 g/mol. The Bertz CT molecular complexity index is 1100. The normalized spacial score (nSPS) is 15.9. The maximum Gasteiger partial charge on any atom is 0.268 e. The van der Waals surface area contributed by atoms with Crippen molar-refractivity contribution in [2.75, 3.05) is 32.8 Å². The molecular weight excluding hydrogens is 535 g/mol. The number of carbonyl (C=O) groups excluding carboxylic acids is 2. The first kappa shape index (κ1) is 23.6. The predicted molar refractivity (Wildman–Crippen MR) is 132 cm³/mol. The Kier molecular flexibility index (Phi) is 7.89. The first-order chi connectivity index (χ1) is 16.0. The number of hydrogen-bond donors (Lipinski definition) is 2. The summed E-state index contributed by atoms with van der Waals surface area (Å²) in [7, 11) is 0. The number of carbonyl (C=O) groups is 2. The van der Waals surface area contributed by atoms with E-state index in [1.165, 1.54) is 0 Å². The molecule has 2 atom stereocenters. The van der Waals surface area contributed by atoms with Gasteiger partial charge in [0.15, 0.2) is 0 Å². The number of ether oxygens (including phenoxy) is 1. The van der Waals surface area contributed by atoms with E-state index in [1.54, 1.807) is 33.8 Å². The summed E-state index contributed by atoms with van der Waals surface area (Å²) in [5.41, 5.74) is 8.79. The van der Waals surface area contributed by atoms with Gasteiger partial charge in [0.25, 0.3) is 5.91 Å². The highest BCUT2D eigenvalue weighted by molar-refractivity contribution is 14.1. The van der Waals surface area contributed by atoms with Gasteiger partial charge in [-0.3, -0.25) is 19.0 Å². The van der Waals surface area contributed by atoms with Crippen LogP contribution in [0.15, 0.2) is 48.9 Å². The van der Waals surface area contributed by atoms with Crippen LogP contribution >= 0.6 is 22.6 Å². The van der Waals surface area contributed by atoms with Crippen molar-refractivity contribution in [1.29, 1.82) is 0 Å². The van der Waals surface area contributed by atoms with Gasteiger partial charge in [-0.15, -0.1) is 0 Å². The lowest BCUT2D eigenvalue weighted by Gasteiger charge is -2.26. The number of amides is 2. The van der Waals surface area contributed by atoms with Crippen molar-refractivity contribution in [3.8, 4) is 0 Å². The highest BCUT2D eigenvalue weighted by Crippen LogP contribution is 2.21. The van der Waals surface area contributed by atoms with Gasteiger partial charge < -0.3 is 20.7 Å². The molecule has 0 saturated carbocycles. The third-order valence-corrected chi connectivity index (χ3v) is 6.15. The van der Waals surface area contributed by atoms with Gasteiger partial charge in [-0.2, -0.15) is 0 Å². The lowest BCUT2D eigenvalue weighted by atomic mass is 9.97. The molecule has 2 unspecified atom stereocenters. The molecule has 1 fully saturated rings. The summed E-state index contributed by atoms with van der Waals surface area (Å²) in [6.07, 6.45) is 6.21. The van der Waals surface area contributed by atoms with Crippen molar-refractivity contribution in [2.45, 2.75) is 22.8 Å². The second kappa shape index (κ2) is 11.0. The van der Waals surface area contributed by atoms with Gasteiger partial charge in [0.05, 0.1) is 29.4 Å². The summed E-state index contributed by atoms with van der Waals surface area (Å²) in [5, 5.41) is 3.03. The van der Waals surface area contributed by atoms with Gasteiger partial charge in [-0.1, -0.05) is 34.7 Å². The number of hydrogen-bond acceptors (Lipinski definition) is 6. The number of nitrogens with two attached hydrogens (primary N) is 1. The minimum Gasteiger partial charge on any atom is -0.378 e. The Hall–Kier alpha value is -2.57. The van der Waals surface area contributed by atoms with Gasteiger partial charge in [-0.05, 0) is 30.2 Å². The topological polar surface area (TPSA) is 115 Å². The quantitative estimate of drug-likeness (QED) is 0.246. The fourth-order valence-electron chi connectivity index (χ4n) is 3.94. The Labute approximate surface area is 205 Å². The van der Waals surface area contributed by atoms with E-state index in [9.17, 15) is 9.59 Å². The SMILES string of the molecule is NC(I)CC(CNC(=O)c1cccc2nc(CC(=O)N3CCOCC3)cn12)c1cccnc1. The third-order valence-electron chi connectivity index (χ3n) is 5.65. The zero-order chi connectivity index (χ0) is 23.2. The third kappa shape index (κ3) is 6.06. The second-order valence-electron chi connectivity index (χ2n) is 7.99. The minimum atomic E-state index is -0.208. The molecule has 0 bridgehead atoms. The van der Waals surface area contributed by atoms with Gasteiger partial charge in [-0.25, -0.2) is 4.98 Å². The van der Waals surface area contributed by atoms with Crippen molar-refractivity contribution in [2.24, 2.45) is 5.73 Å². The van der Waals surface area contributed by atoms with Crippen LogP contribution in [0, 0.1) is 0 Å². The molecule has 0 aliphatic carbocycles. The van der Waals surface area contributed by atoms with Gasteiger partial charge in [0.2, 0.25) is 5.91 Å². The van der Waals surface area contributed by atoms with Crippen LogP contribution in [0.4, 0.5) is 0 Å². The number of rotatable bonds is 8. The average Bonchev–Trinajstić information content (AvgIpc) is 3.25. The van der Waals surface area contributed by atoms with Crippen molar-refractivity contribution >= 4 is 40.1 Å². The summed E-state index contributed by atoms with van der Waals surface area (Å²) in [4.78, 5) is 36.2. The van der Waals surface area contributed by atoms with Crippen molar-refractivity contribution < 1.29 is 14.3 Å². The first-order valence-corrected chi connectivity index (χ1v) is 12.2. The van der Waals surface area contributed by atoms with Crippen molar-refractivity contribution in [1.82, 2.24) is 24.6 Å². The summed E-state index contributed by atoms with van der Waals surface area (Å²) in [6.45, 7) is 2.75. The molecule has 9 nitrogen and oxygen atoms in total. The van der Waals surface area contributed by atoms with E-state index < -0.39 is 0 Å². The molecule has 4 rings (SSSR count). The number of nitrogens with one attached hydrogen (secondary N) is 1. The highest BCUT2D eigenvalue weighted by Gasteiger charge is 2.20. The molecule has 3 aromatic heterocycles. The molecule has 174 valence electrons. The summed E-state index contributed by atoms with van der Waals surface area (Å²) < 4.78 is 7.01. The van der Waals surface area contributed by atoms with Crippen LogP contribution in [0.2, 0.25) is 0 Å².